The van der Waals surface area contributed by atoms with Crippen LogP contribution in [0.5, 0.6) is 5.75 Å². The predicted octanol–water partition coefficient (Wildman–Crippen LogP) is 5.38. The molecule has 0 unspecified atom stereocenters. The number of methoxy groups -OCH3 is 1. The molecule has 0 radical (unpaired) electrons. The van der Waals surface area contributed by atoms with E-state index in [0.29, 0.717) is 17.1 Å². The van der Waals surface area contributed by atoms with E-state index < -0.39 is 0 Å². The zero-order chi connectivity index (χ0) is 20.1. The van der Waals surface area contributed by atoms with Crippen LogP contribution in [0, 0.1) is 0 Å². The van der Waals surface area contributed by atoms with Gasteiger partial charge in [-0.2, -0.15) is 0 Å². The van der Waals surface area contributed by atoms with Crippen molar-refractivity contribution in [2.24, 2.45) is 0 Å². The minimum atomic E-state index is -0.260. The Hall–Kier alpha value is -3.34. The normalized spacial score (nSPS) is 11.0. The Morgan fingerprint density at radius 1 is 0.964 bits per heavy atom. The average Bonchev–Trinajstić information content (AvgIpc) is 2.69. The molecule has 0 aliphatic heterocycles. The summed E-state index contributed by atoms with van der Waals surface area (Å²) in [4.78, 5) is 16.8. The van der Waals surface area contributed by atoms with Crippen LogP contribution in [0.1, 0.15) is 36.7 Å². The van der Waals surface area contributed by atoms with Gasteiger partial charge in [-0.1, -0.05) is 51.1 Å². The molecule has 144 valence electrons. The van der Waals surface area contributed by atoms with Crippen molar-refractivity contribution in [3.8, 4) is 5.75 Å². The Morgan fingerprint density at radius 2 is 1.68 bits per heavy atom. The van der Waals surface area contributed by atoms with Crippen molar-refractivity contribution in [3.63, 3.8) is 0 Å². The lowest BCUT2D eigenvalue weighted by molar-refractivity contribution is 0.102. The molecule has 5 heteroatoms. The van der Waals surface area contributed by atoms with E-state index in [4.69, 9.17) is 4.74 Å². The van der Waals surface area contributed by atoms with Crippen LogP contribution in [0.3, 0.4) is 0 Å². The summed E-state index contributed by atoms with van der Waals surface area (Å²) in [6, 6.07) is 19.0. The summed E-state index contributed by atoms with van der Waals surface area (Å²) in [7, 11) is 1.54. The summed E-state index contributed by atoms with van der Waals surface area (Å²) in [6.45, 7) is 6.55. The largest absolute Gasteiger partial charge is 0.496 e. The number of rotatable bonds is 5. The molecule has 5 nitrogen and oxygen atoms in total. The Morgan fingerprint density at radius 3 is 2.36 bits per heavy atom. The van der Waals surface area contributed by atoms with Gasteiger partial charge in [0.25, 0.3) is 5.91 Å². The first-order chi connectivity index (χ1) is 13.4. The lowest BCUT2D eigenvalue weighted by atomic mass is 9.86. The van der Waals surface area contributed by atoms with Crippen LogP contribution in [0.15, 0.2) is 66.9 Å². The average molecular weight is 375 g/mol. The predicted molar refractivity (Wildman–Crippen MR) is 114 cm³/mol. The maximum atomic E-state index is 12.5. The highest BCUT2D eigenvalue weighted by Crippen LogP contribution is 2.31. The molecule has 0 saturated carbocycles. The van der Waals surface area contributed by atoms with Gasteiger partial charge in [0, 0.05) is 5.69 Å². The first-order valence-electron chi connectivity index (χ1n) is 9.15. The second kappa shape index (κ2) is 8.13. The van der Waals surface area contributed by atoms with Gasteiger partial charge in [0.2, 0.25) is 0 Å². The van der Waals surface area contributed by atoms with Gasteiger partial charge in [0.15, 0.2) is 0 Å². The topological polar surface area (TPSA) is 63.2 Å². The van der Waals surface area contributed by atoms with Gasteiger partial charge < -0.3 is 15.4 Å². The Balaban J connectivity index is 1.74. The van der Waals surface area contributed by atoms with E-state index in [0.717, 1.165) is 11.4 Å². The lowest BCUT2D eigenvalue weighted by Crippen LogP contribution is -2.14. The number of ether oxygens (including phenoxy) is 1. The number of nitrogens with one attached hydrogen (secondary N) is 2. The fourth-order valence-corrected chi connectivity index (χ4v) is 2.96. The number of pyridine rings is 1. The molecule has 0 aliphatic rings. The molecule has 0 bridgehead atoms. The zero-order valence-electron chi connectivity index (χ0n) is 16.6. The number of nitrogens with zero attached hydrogens (tertiary/aromatic N) is 1. The van der Waals surface area contributed by atoms with E-state index in [9.17, 15) is 4.79 Å². The molecular weight excluding hydrogens is 350 g/mol. The minimum Gasteiger partial charge on any atom is -0.496 e. The molecule has 3 rings (SSSR count). The van der Waals surface area contributed by atoms with Crippen molar-refractivity contribution in [2.45, 2.75) is 26.2 Å². The van der Waals surface area contributed by atoms with Crippen LogP contribution >= 0.6 is 0 Å². The number of anilines is 3. The number of aromatic nitrogens is 1. The molecule has 1 aromatic heterocycles. The van der Waals surface area contributed by atoms with Gasteiger partial charge in [-0.05, 0) is 41.3 Å². The molecule has 0 fully saturated rings. The monoisotopic (exact) mass is 375 g/mol. The Labute approximate surface area is 165 Å². The maximum Gasteiger partial charge on any atom is 0.260 e. The minimum absolute atomic E-state index is 0.0275. The van der Waals surface area contributed by atoms with Gasteiger partial charge in [0.05, 0.1) is 24.6 Å². The number of benzene rings is 2. The van der Waals surface area contributed by atoms with Crippen molar-refractivity contribution in [1.82, 2.24) is 4.98 Å². The summed E-state index contributed by atoms with van der Waals surface area (Å²) in [5.41, 5.74) is 3.62. The van der Waals surface area contributed by atoms with Crippen LogP contribution < -0.4 is 15.4 Å². The first kappa shape index (κ1) is 19.4. The van der Waals surface area contributed by atoms with Crippen molar-refractivity contribution in [2.75, 3.05) is 17.7 Å². The SMILES string of the molecule is COc1ccccc1C(=O)Nc1ccc(Nc2ccccc2C(C)(C)C)cn1. The van der Waals surface area contributed by atoms with E-state index >= 15 is 0 Å². The molecule has 0 aliphatic carbocycles. The van der Waals surface area contributed by atoms with Crippen molar-refractivity contribution < 1.29 is 9.53 Å². The van der Waals surface area contributed by atoms with E-state index in [1.54, 1.807) is 37.6 Å². The van der Waals surface area contributed by atoms with Crippen molar-refractivity contribution in [1.29, 1.82) is 0 Å². The molecule has 0 spiro atoms. The van der Waals surface area contributed by atoms with Gasteiger partial charge >= 0.3 is 0 Å². The third-order valence-electron chi connectivity index (χ3n) is 4.37. The number of para-hydroxylation sites is 2. The molecule has 0 atom stereocenters. The van der Waals surface area contributed by atoms with Gasteiger partial charge in [-0.15, -0.1) is 0 Å². The highest BCUT2D eigenvalue weighted by atomic mass is 16.5. The Kier molecular flexibility index (Phi) is 5.64. The summed E-state index contributed by atoms with van der Waals surface area (Å²) < 4.78 is 5.24. The smallest absolute Gasteiger partial charge is 0.260 e. The van der Waals surface area contributed by atoms with Crippen LogP contribution in [0.4, 0.5) is 17.2 Å². The molecule has 28 heavy (non-hydrogen) atoms. The molecule has 1 amide bonds. The maximum absolute atomic E-state index is 12.5. The number of hydrogen-bond acceptors (Lipinski definition) is 4. The van der Waals surface area contributed by atoms with Crippen molar-refractivity contribution in [3.05, 3.63) is 78.0 Å². The van der Waals surface area contributed by atoms with Gasteiger partial charge in [-0.3, -0.25) is 4.79 Å². The number of carbonyl (C=O) groups excluding carboxylic acids is 1. The lowest BCUT2D eigenvalue weighted by Gasteiger charge is -2.23. The summed E-state index contributed by atoms with van der Waals surface area (Å²) in [5.74, 6) is 0.742. The summed E-state index contributed by atoms with van der Waals surface area (Å²) >= 11 is 0. The third-order valence-corrected chi connectivity index (χ3v) is 4.37. The van der Waals surface area contributed by atoms with Crippen LogP contribution in [0.2, 0.25) is 0 Å². The first-order valence-corrected chi connectivity index (χ1v) is 9.15. The molecule has 1 heterocycles. The van der Waals surface area contributed by atoms with E-state index in [1.807, 2.05) is 24.3 Å². The number of amides is 1. The molecule has 3 aromatic rings. The molecule has 2 N–H and O–H groups in total. The van der Waals surface area contributed by atoms with E-state index in [-0.39, 0.29) is 11.3 Å². The molecule has 0 saturated heterocycles. The highest BCUT2D eigenvalue weighted by molar-refractivity contribution is 6.05. The quantitative estimate of drug-likeness (QED) is 0.628. The highest BCUT2D eigenvalue weighted by Gasteiger charge is 2.17. The summed E-state index contributed by atoms with van der Waals surface area (Å²) in [5, 5.41) is 6.22. The fraction of sp³-hybridized carbons (Fsp3) is 0.217. The zero-order valence-corrected chi connectivity index (χ0v) is 16.6. The number of carbonyl (C=O) groups is 1. The Bertz CT molecular complexity index is 960. The van der Waals surface area contributed by atoms with Crippen LogP contribution in [-0.4, -0.2) is 18.0 Å². The molecular formula is C23H25N3O2. The number of hydrogen-bond donors (Lipinski definition) is 2. The third kappa shape index (κ3) is 4.49. The summed E-state index contributed by atoms with van der Waals surface area (Å²) in [6.07, 6.45) is 1.71. The van der Waals surface area contributed by atoms with Gasteiger partial charge in [-0.25, -0.2) is 4.98 Å². The second-order valence-corrected chi connectivity index (χ2v) is 7.51. The van der Waals surface area contributed by atoms with Crippen LogP contribution in [0.25, 0.3) is 0 Å². The van der Waals surface area contributed by atoms with E-state index in [1.165, 1.54) is 5.56 Å². The van der Waals surface area contributed by atoms with Gasteiger partial charge in [0.1, 0.15) is 11.6 Å². The fourth-order valence-electron chi connectivity index (χ4n) is 2.96. The molecule has 2 aromatic carbocycles. The second-order valence-electron chi connectivity index (χ2n) is 7.51. The van der Waals surface area contributed by atoms with E-state index in [2.05, 4.69) is 48.5 Å². The standard InChI is InChI=1S/C23H25N3O2/c1-23(2,3)18-10-6-7-11-19(18)25-16-13-14-21(24-15-16)26-22(27)17-9-5-8-12-20(17)28-4/h5-15,25H,1-4H3,(H,24,26,27). The van der Waals surface area contributed by atoms with Crippen LogP contribution in [-0.2, 0) is 5.41 Å². The van der Waals surface area contributed by atoms with Crippen molar-refractivity contribution >= 4 is 23.1 Å².